The molecule has 0 bridgehead atoms. The maximum atomic E-state index is 12.4. The van der Waals surface area contributed by atoms with Crippen LogP contribution < -0.4 is 0 Å². The minimum absolute atomic E-state index is 0.0128. The van der Waals surface area contributed by atoms with Crippen molar-refractivity contribution in [3.63, 3.8) is 0 Å². The first kappa shape index (κ1) is 43.0. The fourth-order valence-corrected chi connectivity index (χ4v) is 5.16. The van der Waals surface area contributed by atoms with E-state index in [1.54, 1.807) is 6.92 Å². The minimum Gasteiger partial charge on any atom is -0.462 e. The molecule has 0 rings (SSSR count). The van der Waals surface area contributed by atoms with E-state index in [1.165, 1.54) is 57.8 Å². The molecule has 0 saturated heterocycles. The standard InChI is InChI=1S/C36H63O8P/c1-4-7-9-11-13-15-17-19-21-23-25-27-29-31-36(38)44-34(33-43-45(39,40)42-6-3)32-41-35(37)30-28-26-24-22-20-18-16-14-12-10-8-5-2/h7,9,13,15,19,21,25,27,34H,4-6,8,10-12,14,16-18,20,22-24,26,28-33H2,1-3H3,(H,39,40)/b9-7-,15-13-,21-19-,27-25-. The summed E-state index contributed by atoms with van der Waals surface area (Å²) in [6, 6.07) is 0. The van der Waals surface area contributed by atoms with Crippen molar-refractivity contribution in [1.82, 2.24) is 0 Å². The number of hydrogen-bond acceptors (Lipinski definition) is 7. The lowest BCUT2D eigenvalue weighted by molar-refractivity contribution is -0.161. The van der Waals surface area contributed by atoms with E-state index in [-0.39, 0.29) is 32.0 Å². The number of ether oxygens (including phenoxy) is 2. The normalized spacial score (nSPS) is 14.1. The van der Waals surface area contributed by atoms with Crippen molar-refractivity contribution in [1.29, 1.82) is 0 Å². The molecule has 0 heterocycles. The van der Waals surface area contributed by atoms with Gasteiger partial charge in [0.25, 0.3) is 0 Å². The van der Waals surface area contributed by atoms with Crippen LogP contribution in [0.15, 0.2) is 48.6 Å². The summed E-state index contributed by atoms with van der Waals surface area (Å²) in [5, 5.41) is 0. The molecule has 0 saturated carbocycles. The first-order valence-electron chi connectivity index (χ1n) is 17.4. The molecule has 0 radical (unpaired) electrons. The van der Waals surface area contributed by atoms with E-state index in [0.717, 1.165) is 44.9 Å². The molecular weight excluding hydrogens is 591 g/mol. The zero-order valence-corrected chi connectivity index (χ0v) is 29.4. The summed E-state index contributed by atoms with van der Waals surface area (Å²) in [5.41, 5.74) is 0. The molecule has 0 aliphatic carbocycles. The summed E-state index contributed by atoms with van der Waals surface area (Å²) >= 11 is 0. The lowest BCUT2D eigenvalue weighted by Gasteiger charge is -2.19. The Morgan fingerprint density at radius 3 is 1.67 bits per heavy atom. The van der Waals surface area contributed by atoms with E-state index in [1.807, 2.05) is 12.2 Å². The third-order valence-corrected chi connectivity index (χ3v) is 7.97. The van der Waals surface area contributed by atoms with Crippen molar-refractivity contribution in [2.45, 2.75) is 149 Å². The topological polar surface area (TPSA) is 108 Å². The number of esters is 2. The molecule has 9 heteroatoms. The molecule has 2 atom stereocenters. The third kappa shape index (κ3) is 31.8. The van der Waals surface area contributed by atoms with E-state index in [2.05, 4.69) is 50.3 Å². The average molecular weight is 655 g/mol. The van der Waals surface area contributed by atoms with Crippen molar-refractivity contribution in [2.24, 2.45) is 0 Å². The largest absolute Gasteiger partial charge is 0.472 e. The minimum atomic E-state index is -4.29. The lowest BCUT2D eigenvalue weighted by Crippen LogP contribution is -2.29. The highest BCUT2D eigenvalue weighted by molar-refractivity contribution is 7.47. The Morgan fingerprint density at radius 2 is 1.13 bits per heavy atom. The first-order valence-corrected chi connectivity index (χ1v) is 18.9. The monoisotopic (exact) mass is 654 g/mol. The van der Waals surface area contributed by atoms with Gasteiger partial charge in [0.2, 0.25) is 0 Å². The number of phosphoric ester groups is 1. The Morgan fingerprint density at radius 1 is 0.622 bits per heavy atom. The summed E-state index contributed by atoms with van der Waals surface area (Å²) in [6.45, 7) is 5.24. The molecule has 0 spiro atoms. The number of carbonyl (C=O) groups is 2. The number of allylic oxidation sites excluding steroid dienone is 8. The van der Waals surface area contributed by atoms with E-state index in [4.69, 9.17) is 18.5 Å². The van der Waals surface area contributed by atoms with Crippen LogP contribution in [0.2, 0.25) is 0 Å². The molecule has 0 amide bonds. The summed E-state index contributed by atoms with van der Waals surface area (Å²) in [6.07, 6.45) is 34.7. The summed E-state index contributed by atoms with van der Waals surface area (Å²) in [5.74, 6) is -0.896. The maximum Gasteiger partial charge on any atom is 0.472 e. The highest BCUT2D eigenvalue weighted by Gasteiger charge is 2.25. The van der Waals surface area contributed by atoms with Gasteiger partial charge in [0, 0.05) is 12.8 Å². The van der Waals surface area contributed by atoms with Gasteiger partial charge >= 0.3 is 19.8 Å². The SMILES string of the molecule is CC/C=C\C/C=C\C/C=C\C/C=C\CCC(=O)OC(COC(=O)CCCCCCCCCCCCCC)COP(=O)(O)OCC. The van der Waals surface area contributed by atoms with Gasteiger partial charge in [-0.15, -0.1) is 0 Å². The zero-order chi connectivity index (χ0) is 33.3. The number of hydrogen-bond donors (Lipinski definition) is 1. The Labute approximate surface area is 274 Å². The van der Waals surface area contributed by atoms with Crippen molar-refractivity contribution in [3.05, 3.63) is 48.6 Å². The Hall–Kier alpha value is -1.99. The van der Waals surface area contributed by atoms with E-state index in [9.17, 15) is 19.0 Å². The first-order chi connectivity index (χ1) is 21.8. The molecule has 0 aliphatic rings. The molecule has 0 aliphatic heterocycles. The van der Waals surface area contributed by atoms with E-state index >= 15 is 0 Å². The molecule has 260 valence electrons. The van der Waals surface area contributed by atoms with Crippen molar-refractivity contribution < 1.29 is 37.6 Å². The molecule has 1 N–H and O–H groups in total. The van der Waals surface area contributed by atoms with Crippen LogP contribution in [-0.4, -0.2) is 42.8 Å². The van der Waals surface area contributed by atoms with E-state index in [0.29, 0.717) is 6.42 Å². The summed E-state index contributed by atoms with van der Waals surface area (Å²) < 4.78 is 32.3. The van der Waals surface area contributed by atoms with E-state index < -0.39 is 26.5 Å². The molecule has 0 aromatic heterocycles. The van der Waals surface area contributed by atoms with Gasteiger partial charge in [-0.2, -0.15) is 0 Å². The molecule has 2 unspecified atom stereocenters. The second-order valence-electron chi connectivity index (χ2n) is 11.2. The fourth-order valence-electron chi connectivity index (χ4n) is 4.41. The van der Waals surface area contributed by atoms with Gasteiger partial charge in [0.1, 0.15) is 6.61 Å². The number of rotatable bonds is 31. The van der Waals surface area contributed by atoms with Crippen LogP contribution >= 0.6 is 7.82 Å². The van der Waals surface area contributed by atoms with Crippen LogP contribution in [0.1, 0.15) is 143 Å². The summed E-state index contributed by atoms with van der Waals surface area (Å²) in [7, 11) is -4.29. The van der Waals surface area contributed by atoms with Crippen LogP contribution in [0, 0.1) is 0 Å². The molecule has 0 fully saturated rings. The second kappa shape index (κ2) is 32.0. The molecule has 45 heavy (non-hydrogen) atoms. The van der Waals surface area contributed by atoms with Crippen molar-refractivity contribution in [2.75, 3.05) is 19.8 Å². The Balaban J connectivity index is 4.32. The molecule has 0 aromatic rings. The van der Waals surface area contributed by atoms with Gasteiger partial charge < -0.3 is 14.4 Å². The van der Waals surface area contributed by atoms with Gasteiger partial charge in [-0.3, -0.25) is 18.6 Å². The molecule has 8 nitrogen and oxygen atoms in total. The quantitative estimate of drug-likeness (QED) is 0.0340. The fraction of sp³-hybridized carbons (Fsp3) is 0.722. The number of carbonyl (C=O) groups excluding carboxylic acids is 2. The average Bonchev–Trinajstić information content (AvgIpc) is 3.01. The molecule has 0 aromatic carbocycles. The van der Waals surface area contributed by atoms with Crippen molar-refractivity contribution >= 4 is 19.8 Å². The third-order valence-electron chi connectivity index (χ3n) is 6.91. The zero-order valence-electron chi connectivity index (χ0n) is 28.5. The smallest absolute Gasteiger partial charge is 0.462 e. The van der Waals surface area contributed by atoms with Gasteiger partial charge in [0.05, 0.1) is 13.2 Å². The van der Waals surface area contributed by atoms with Gasteiger partial charge in [-0.1, -0.05) is 133 Å². The second-order valence-corrected chi connectivity index (χ2v) is 12.6. The van der Waals surface area contributed by atoms with Gasteiger partial charge in [0.15, 0.2) is 6.10 Å². The van der Waals surface area contributed by atoms with Crippen LogP contribution in [0.25, 0.3) is 0 Å². The van der Waals surface area contributed by atoms with Crippen molar-refractivity contribution in [3.8, 4) is 0 Å². The summed E-state index contributed by atoms with van der Waals surface area (Å²) in [4.78, 5) is 34.4. The highest BCUT2D eigenvalue weighted by atomic mass is 31.2. The number of phosphoric acid groups is 1. The van der Waals surface area contributed by atoms with Crippen LogP contribution in [0.5, 0.6) is 0 Å². The lowest BCUT2D eigenvalue weighted by atomic mass is 10.0. The van der Waals surface area contributed by atoms with Gasteiger partial charge in [-0.05, 0) is 45.4 Å². The van der Waals surface area contributed by atoms with Gasteiger partial charge in [-0.25, -0.2) is 4.57 Å². The van der Waals surface area contributed by atoms with Crippen LogP contribution in [-0.2, 0) is 32.7 Å². The molecular formula is C36H63O8P. The maximum absolute atomic E-state index is 12.4. The van der Waals surface area contributed by atoms with Crippen LogP contribution in [0.4, 0.5) is 0 Å². The Kier molecular flexibility index (Phi) is 30.6. The predicted octanol–water partition coefficient (Wildman–Crippen LogP) is 10.3. The number of unbranched alkanes of at least 4 members (excludes halogenated alkanes) is 11. The Bertz CT molecular complexity index is 880. The van der Waals surface area contributed by atoms with Crippen LogP contribution in [0.3, 0.4) is 0 Å². The predicted molar refractivity (Wildman–Crippen MR) is 184 cm³/mol. The highest BCUT2D eigenvalue weighted by Crippen LogP contribution is 2.43.